The maximum Gasteiger partial charge on any atom is 0.234 e. The largest absolute Gasteiger partial charge is 0.336 e. The number of hydrogen-bond acceptors (Lipinski definition) is 6. The van der Waals surface area contributed by atoms with E-state index in [0.717, 1.165) is 22.7 Å². The van der Waals surface area contributed by atoms with Crippen LogP contribution in [-0.4, -0.2) is 31.5 Å². The molecule has 7 nitrogen and oxygen atoms in total. The van der Waals surface area contributed by atoms with Gasteiger partial charge in [-0.05, 0) is 35.9 Å². The van der Waals surface area contributed by atoms with E-state index >= 15 is 0 Å². The van der Waals surface area contributed by atoms with Crippen molar-refractivity contribution in [2.75, 3.05) is 16.9 Å². The zero-order valence-electron chi connectivity index (χ0n) is 15.2. The Bertz CT molecular complexity index is 1170. The molecule has 0 aliphatic heterocycles. The van der Waals surface area contributed by atoms with Crippen molar-refractivity contribution < 1.29 is 9.18 Å². The Morgan fingerprint density at radius 2 is 1.97 bits per heavy atom. The highest BCUT2D eigenvalue weighted by molar-refractivity contribution is 7.99. The molecule has 0 atom stereocenters. The van der Waals surface area contributed by atoms with E-state index in [2.05, 4.69) is 20.5 Å². The number of carbonyl (C=O) groups is 1. The van der Waals surface area contributed by atoms with Gasteiger partial charge in [0.05, 0.1) is 17.0 Å². The van der Waals surface area contributed by atoms with Gasteiger partial charge in [0.2, 0.25) is 11.1 Å². The quantitative estimate of drug-likeness (QED) is 0.376. The van der Waals surface area contributed by atoms with Gasteiger partial charge >= 0.3 is 0 Å². The first-order valence-electron chi connectivity index (χ1n) is 8.81. The minimum absolute atomic E-state index is 0.103. The first-order chi connectivity index (χ1) is 14.1. The molecule has 2 aromatic carbocycles. The summed E-state index contributed by atoms with van der Waals surface area (Å²) in [6.45, 7) is 0. The fourth-order valence-corrected chi connectivity index (χ4v) is 3.54. The summed E-state index contributed by atoms with van der Waals surface area (Å²) in [5, 5.41) is 12.1. The molecule has 0 aliphatic carbocycles. The zero-order valence-corrected chi connectivity index (χ0v) is 16.1. The number of hydrogen-bond donors (Lipinski definition) is 2. The Morgan fingerprint density at radius 1 is 1.10 bits per heavy atom. The Balaban J connectivity index is 1.41. The molecule has 1 amide bonds. The molecule has 4 rings (SSSR count). The summed E-state index contributed by atoms with van der Waals surface area (Å²) in [5.41, 5.74) is 1.97. The predicted molar refractivity (Wildman–Crippen MR) is 110 cm³/mol. The lowest BCUT2D eigenvalue weighted by molar-refractivity contribution is -0.113. The maximum absolute atomic E-state index is 13.8. The van der Waals surface area contributed by atoms with Crippen molar-refractivity contribution in [3.63, 3.8) is 0 Å². The number of nitrogens with two attached hydrogens (primary N) is 1. The van der Waals surface area contributed by atoms with Crippen molar-refractivity contribution >= 4 is 34.3 Å². The second kappa shape index (κ2) is 8.27. The normalized spacial score (nSPS) is 10.9. The standard InChI is InChI=1S/C20H17FN6OS/c21-15-7-2-1-5-13(15)11-18-25-26-20(27(18)22)29-12-19(28)24-17-9-3-8-16-14(17)6-4-10-23-16/h1-10H,11-12,22H2,(H,24,28). The summed E-state index contributed by atoms with van der Waals surface area (Å²) < 4.78 is 15.1. The third kappa shape index (κ3) is 4.19. The fourth-order valence-electron chi connectivity index (χ4n) is 2.87. The molecule has 2 aromatic heterocycles. The lowest BCUT2D eigenvalue weighted by Crippen LogP contribution is -2.17. The van der Waals surface area contributed by atoms with E-state index in [1.807, 2.05) is 30.3 Å². The van der Waals surface area contributed by atoms with Crippen LogP contribution in [-0.2, 0) is 11.2 Å². The van der Waals surface area contributed by atoms with E-state index in [1.54, 1.807) is 24.4 Å². The number of benzene rings is 2. The smallest absolute Gasteiger partial charge is 0.234 e. The number of nitrogens with zero attached hydrogens (tertiary/aromatic N) is 4. The Labute approximate surface area is 170 Å². The van der Waals surface area contributed by atoms with E-state index < -0.39 is 0 Å². The summed E-state index contributed by atoms with van der Waals surface area (Å²) >= 11 is 1.16. The van der Waals surface area contributed by atoms with Crippen LogP contribution in [0.25, 0.3) is 10.9 Å². The van der Waals surface area contributed by atoms with Crippen LogP contribution in [0.3, 0.4) is 0 Å². The third-order valence-electron chi connectivity index (χ3n) is 4.29. The van der Waals surface area contributed by atoms with E-state index in [0.29, 0.717) is 22.2 Å². The molecule has 0 aliphatic rings. The number of thioether (sulfide) groups is 1. The van der Waals surface area contributed by atoms with Gasteiger partial charge in [-0.2, -0.15) is 0 Å². The van der Waals surface area contributed by atoms with Gasteiger partial charge in [0.15, 0.2) is 5.82 Å². The first-order valence-corrected chi connectivity index (χ1v) is 9.79. The van der Waals surface area contributed by atoms with E-state index in [9.17, 15) is 9.18 Å². The van der Waals surface area contributed by atoms with Crippen LogP contribution in [0, 0.1) is 5.82 Å². The number of fused-ring (bicyclic) bond motifs is 1. The zero-order chi connectivity index (χ0) is 20.2. The van der Waals surface area contributed by atoms with Crippen LogP contribution in [0.1, 0.15) is 11.4 Å². The van der Waals surface area contributed by atoms with Gasteiger partial charge in [-0.25, -0.2) is 9.07 Å². The van der Waals surface area contributed by atoms with Crippen LogP contribution in [0.2, 0.25) is 0 Å². The van der Waals surface area contributed by atoms with Gasteiger partial charge in [-0.15, -0.1) is 10.2 Å². The van der Waals surface area contributed by atoms with Gasteiger partial charge in [-0.3, -0.25) is 9.78 Å². The van der Waals surface area contributed by atoms with Gasteiger partial charge in [0, 0.05) is 18.0 Å². The topological polar surface area (TPSA) is 98.7 Å². The van der Waals surface area contributed by atoms with Crippen molar-refractivity contribution in [1.29, 1.82) is 0 Å². The van der Waals surface area contributed by atoms with Gasteiger partial charge in [-0.1, -0.05) is 36.0 Å². The Morgan fingerprint density at radius 3 is 2.83 bits per heavy atom. The lowest BCUT2D eigenvalue weighted by atomic mass is 10.1. The monoisotopic (exact) mass is 408 g/mol. The molecule has 2 heterocycles. The highest BCUT2D eigenvalue weighted by atomic mass is 32.2. The molecule has 0 bridgehead atoms. The van der Waals surface area contributed by atoms with Crippen LogP contribution < -0.4 is 11.2 Å². The number of aromatic nitrogens is 4. The number of halogens is 1. The SMILES string of the molecule is Nn1c(Cc2ccccc2F)nnc1SCC(=O)Nc1cccc2ncccc12. The molecule has 3 N–H and O–H groups in total. The van der Waals surface area contributed by atoms with Crippen molar-refractivity contribution in [3.8, 4) is 0 Å². The Hall–Kier alpha value is -3.46. The minimum Gasteiger partial charge on any atom is -0.336 e. The second-order valence-electron chi connectivity index (χ2n) is 6.25. The summed E-state index contributed by atoms with van der Waals surface area (Å²) in [5.74, 6) is 6.01. The van der Waals surface area contributed by atoms with Crippen LogP contribution in [0.4, 0.5) is 10.1 Å². The molecule has 0 unspecified atom stereocenters. The van der Waals surface area contributed by atoms with E-state index in [-0.39, 0.29) is 23.9 Å². The molecule has 146 valence electrons. The van der Waals surface area contributed by atoms with Gasteiger partial charge in [0.25, 0.3) is 0 Å². The molecule has 29 heavy (non-hydrogen) atoms. The van der Waals surface area contributed by atoms with Crippen LogP contribution in [0.5, 0.6) is 0 Å². The first kappa shape index (κ1) is 18.9. The Kier molecular flexibility index (Phi) is 5.39. The van der Waals surface area contributed by atoms with Crippen molar-refractivity contribution in [2.24, 2.45) is 0 Å². The highest BCUT2D eigenvalue weighted by Gasteiger charge is 2.14. The predicted octanol–water partition coefficient (Wildman–Crippen LogP) is 3.00. The summed E-state index contributed by atoms with van der Waals surface area (Å²) in [6, 6.07) is 15.7. The number of anilines is 1. The lowest BCUT2D eigenvalue weighted by Gasteiger charge is -2.08. The number of nitrogens with one attached hydrogen (secondary N) is 1. The third-order valence-corrected chi connectivity index (χ3v) is 5.24. The summed E-state index contributed by atoms with van der Waals surface area (Å²) in [7, 11) is 0. The minimum atomic E-state index is -0.325. The molecular weight excluding hydrogens is 391 g/mol. The fraction of sp³-hybridized carbons (Fsp3) is 0.100. The van der Waals surface area contributed by atoms with E-state index in [1.165, 1.54) is 10.7 Å². The van der Waals surface area contributed by atoms with Crippen molar-refractivity contribution in [3.05, 3.63) is 78.0 Å². The average Bonchev–Trinajstić information content (AvgIpc) is 3.08. The highest BCUT2D eigenvalue weighted by Crippen LogP contribution is 2.22. The molecule has 0 radical (unpaired) electrons. The molecule has 0 fully saturated rings. The number of pyridine rings is 1. The molecule has 0 saturated carbocycles. The maximum atomic E-state index is 13.8. The number of rotatable bonds is 6. The molecule has 9 heteroatoms. The molecular formula is C20H17FN6OS. The van der Waals surface area contributed by atoms with Crippen LogP contribution in [0.15, 0.2) is 66.0 Å². The molecule has 0 spiro atoms. The van der Waals surface area contributed by atoms with Crippen LogP contribution >= 0.6 is 11.8 Å². The van der Waals surface area contributed by atoms with Gasteiger partial charge in [0.1, 0.15) is 5.82 Å². The second-order valence-corrected chi connectivity index (χ2v) is 7.19. The number of nitrogen functional groups attached to an aromatic ring is 1. The summed E-state index contributed by atoms with van der Waals surface area (Å²) in [4.78, 5) is 16.7. The molecule has 4 aromatic rings. The number of amides is 1. The van der Waals surface area contributed by atoms with Crippen molar-refractivity contribution in [1.82, 2.24) is 19.9 Å². The number of carbonyl (C=O) groups excluding carboxylic acids is 1. The average molecular weight is 408 g/mol. The van der Waals surface area contributed by atoms with Gasteiger partial charge < -0.3 is 11.2 Å². The molecule has 0 saturated heterocycles. The van der Waals surface area contributed by atoms with E-state index in [4.69, 9.17) is 5.84 Å². The van der Waals surface area contributed by atoms with Crippen molar-refractivity contribution in [2.45, 2.75) is 11.6 Å². The summed E-state index contributed by atoms with van der Waals surface area (Å²) in [6.07, 6.45) is 1.92.